The van der Waals surface area contributed by atoms with Gasteiger partial charge in [0.2, 0.25) is 0 Å². The number of hydrogen-bond donors (Lipinski definition) is 0. The Balaban J connectivity index is 2.03. The molecule has 25 heavy (non-hydrogen) atoms. The molecular weight excluding hydrogens is 332 g/mol. The molecule has 0 heterocycles. The van der Waals surface area contributed by atoms with Crippen LogP contribution in [0.2, 0.25) is 0 Å². The zero-order valence-electron chi connectivity index (χ0n) is 13.5. The number of alkyl halides is 2. The normalized spacial score (nSPS) is 11.3. The van der Waals surface area contributed by atoms with Crippen molar-refractivity contribution in [3.8, 4) is 16.9 Å². The van der Waals surface area contributed by atoms with Gasteiger partial charge in [-0.1, -0.05) is 43.7 Å². The molecule has 0 amide bonds. The van der Waals surface area contributed by atoms with Crippen LogP contribution in [0.4, 0.5) is 17.6 Å². The Hall–Kier alpha value is -2.56. The van der Waals surface area contributed by atoms with Crippen LogP contribution in [0.1, 0.15) is 18.9 Å². The highest BCUT2D eigenvalue weighted by atomic mass is 19.3. The van der Waals surface area contributed by atoms with E-state index in [1.54, 1.807) is 6.07 Å². The fourth-order valence-corrected chi connectivity index (χ4v) is 2.85. The van der Waals surface area contributed by atoms with Crippen molar-refractivity contribution in [2.24, 2.45) is 0 Å². The van der Waals surface area contributed by atoms with E-state index in [1.165, 1.54) is 5.56 Å². The van der Waals surface area contributed by atoms with Gasteiger partial charge < -0.3 is 4.74 Å². The molecule has 0 bridgehead atoms. The van der Waals surface area contributed by atoms with Crippen molar-refractivity contribution in [3.05, 3.63) is 65.7 Å². The molecule has 0 aliphatic carbocycles. The van der Waals surface area contributed by atoms with Gasteiger partial charge in [0.1, 0.15) is 0 Å². The van der Waals surface area contributed by atoms with Gasteiger partial charge in [-0.2, -0.15) is 8.78 Å². The van der Waals surface area contributed by atoms with E-state index in [0.29, 0.717) is 5.56 Å². The third kappa shape index (κ3) is 3.76. The Morgan fingerprint density at radius 3 is 2.16 bits per heavy atom. The molecule has 0 fully saturated rings. The molecule has 0 spiro atoms. The molecule has 3 aromatic carbocycles. The number of ether oxygens (including phenoxy) is 1. The summed E-state index contributed by atoms with van der Waals surface area (Å²) in [5.74, 6) is -3.38. The topological polar surface area (TPSA) is 9.23 Å². The summed E-state index contributed by atoms with van der Waals surface area (Å²) in [6.45, 7) is -1.19. The molecule has 0 saturated carbocycles. The first-order valence-corrected chi connectivity index (χ1v) is 7.95. The molecule has 0 aliphatic rings. The molecule has 5 heteroatoms. The smallest absolute Gasteiger partial charge is 0.387 e. The number of fused-ring (bicyclic) bond motifs is 1. The third-order valence-electron chi connectivity index (χ3n) is 3.98. The zero-order chi connectivity index (χ0) is 18.0. The minimum absolute atomic E-state index is 0.263. The van der Waals surface area contributed by atoms with E-state index >= 15 is 0 Å². The van der Waals surface area contributed by atoms with Crippen LogP contribution in [0.15, 0.2) is 48.5 Å². The highest BCUT2D eigenvalue weighted by Gasteiger charge is 2.17. The first-order valence-electron chi connectivity index (χ1n) is 7.95. The summed E-state index contributed by atoms with van der Waals surface area (Å²) < 4.78 is 56.2. The molecule has 0 radical (unpaired) electrons. The maximum Gasteiger partial charge on any atom is 0.387 e. The average molecular weight is 348 g/mol. The van der Waals surface area contributed by atoms with Crippen LogP contribution in [-0.2, 0) is 6.42 Å². The summed E-state index contributed by atoms with van der Waals surface area (Å²) in [6, 6.07) is 13.5. The summed E-state index contributed by atoms with van der Waals surface area (Å²) >= 11 is 0. The first-order chi connectivity index (χ1) is 12.0. The van der Waals surface area contributed by atoms with E-state index in [0.717, 1.165) is 35.7 Å². The highest BCUT2D eigenvalue weighted by Crippen LogP contribution is 2.31. The standard InChI is InChI=1S/C20H16F4O/c1-2-3-12-4-5-13-6-7-14(9-15(13)8-12)16-10-17(21)19(18(22)11-16)25-20(23)24/h4-11,20H,2-3H2,1H3. The molecule has 3 aromatic rings. The summed E-state index contributed by atoms with van der Waals surface area (Å²) in [4.78, 5) is 0. The number of rotatable bonds is 5. The van der Waals surface area contributed by atoms with E-state index in [4.69, 9.17) is 0 Å². The zero-order valence-corrected chi connectivity index (χ0v) is 13.5. The van der Waals surface area contributed by atoms with Gasteiger partial charge in [-0.25, -0.2) is 8.78 Å². The third-order valence-corrected chi connectivity index (χ3v) is 3.98. The maximum atomic E-state index is 13.9. The fraction of sp³-hybridized carbons (Fsp3) is 0.200. The van der Waals surface area contributed by atoms with E-state index in [2.05, 4.69) is 17.7 Å². The van der Waals surface area contributed by atoms with E-state index in [1.807, 2.05) is 24.3 Å². The quantitative estimate of drug-likeness (QED) is 0.489. The van der Waals surface area contributed by atoms with Crippen LogP contribution in [0.25, 0.3) is 21.9 Å². The van der Waals surface area contributed by atoms with Crippen molar-refractivity contribution in [3.63, 3.8) is 0 Å². The Bertz CT molecular complexity index is 882. The van der Waals surface area contributed by atoms with Gasteiger partial charge in [-0.3, -0.25) is 0 Å². The van der Waals surface area contributed by atoms with Crippen molar-refractivity contribution in [1.82, 2.24) is 0 Å². The number of hydrogen-bond acceptors (Lipinski definition) is 1. The number of benzene rings is 3. The Morgan fingerprint density at radius 1 is 0.840 bits per heavy atom. The van der Waals surface area contributed by atoms with Gasteiger partial charge in [0.25, 0.3) is 0 Å². The minimum atomic E-state index is -3.28. The highest BCUT2D eigenvalue weighted by molar-refractivity contribution is 5.88. The van der Waals surface area contributed by atoms with Gasteiger partial charge >= 0.3 is 6.61 Å². The van der Waals surface area contributed by atoms with Gasteiger partial charge in [0, 0.05) is 0 Å². The molecule has 0 N–H and O–H groups in total. The maximum absolute atomic E-state index is 13.9. The lowest BCUT2D eigenvalue weighted by molar-refractivity contribution is -0.0546. The molecule has 0 aliphatic heterocycles. The largest absolute Gasteiger partial charge is 0.429 e. The second-order valence-corrected chi connectivity index (χ2v) is 5.79. The molecule has 0 aromatic heterocycles. The fourth-order valence-electron chi connectivity index (χ4n) is 2.85. The average Bonchev–Trinajstić information content (AvgIpc) is 2.57. The molecule has 130 valence electrons. The molecule has 0 unspecified atom stereocenters. The van der Waals surface area contributed by atoms with Gasteiger partial charge in [-0.05, 0) is 52.1 Å². The minimum Gasteiger partial charge on any atom is -0.429 e. The van der Waals surface area contributed by atoms with E-state index < -0.39 is 24.0 Å². The van der Waals surface area contributed by atoms with Gasteiger partial charge in [-0.15, -0.1) is 0 Å². The monoisotopic (exact) mass is 348 g/mol. The van der Waals surface area contributed by atoms with Crippen LogP contribution < -0.4 is 4.74 Å². The van der Waals surface area contributed by atoms with Crippen molar-refractivity contribution in [2.75, 3.05) is 0 Å². The number of halogens is 4. The van der Waals surface area contributed by atoms with Crippen LogP contribution in [0.3, 0.4) is 0 Å². The van der Waals surface area contributed by atoms with Crippen molar-refractivity contribution in [2.45, 2.75) is 26.4 Å². The van der Waals surface area contributed by atoms with Crippen LogP contribution >= 0.6 is 0 Å². The Labute approximate surface area is 142 Å². The van der Waals surface area contributed by atoms with Gasteiger partial charge in [0.05, 0.1) is 0 Å². The Kier molecular flexibility index (Phi) is 4.93. The predicted molar refractivity (Wildman–Crippen MR) is 89.9 cm³/mol. The van der Waals surface area contributed by atoms with Crippen molar-refractivity contribution < 1.29 is 22.3 Å². The summed E-state index contributed by atoms with van der Waals surface area (Å²) in [7, 11) is 0. The second kappa shape index (κ2) is 7.13. The van der Waals surface area contributed by atoms with Crippen LogP contribution in [0.5, 0.6) is 5.75 Å². The molecular formula is C20H16F4O. The summed E-state index contributed by atoms with van der Waals surface area (Å²) in [5.41, 5.74) is 2.05. The van der Waals surface area contributed by atoms with Crippen LogP contribution in [-0.4, -0.2) is 6.61 Å². The first kappa shape index (κ1) is 17.3. The van der Waals surface area contributed by atoms with E-state index in [-0.39, 0.29) is 5.56 Å². The summed E-state index contributed by atoms with van der Waals surface area (Å²) in [5, 5.41) is 1.97. The lowest BCUT2D eigenvalue weighted by Crippen LogP contribution is -2.06. The predicted octanol–water partition coefficient (Wildman–Crippen LogP) is 6.34. The lowest BCUT2D eigenvalue weighted by atomic mass is 9.98. The van der Waals surface area contributed by atoms with Crippen molar-refractivity contribution in [1.29, 1.82) is 0 Å². The van der Waals surface area contributed by atoms with Crippen LogP contribution in [0, 0.1) is 11.6 Å². The molecule has 3 rings (SSSR count). The van der Waals surface area contributed by atoms with Crippen molar-refractivity contribution >= 4 is 10.8 Å². The number of aryl methyl sites for hydroxylation is 1. The second-order valence-electron chi connectivity index (χ2n) is 5.79. The molecule has 0 atom stereocenters. The molecule has 1 nitrogen and oxygen atoms in total. The van der Waals surface area contributed by atoms with E-state index in [9.17, 15) is 17.6 Å². The SMILES string of the molecule is CCCc1ccc2ccc(-c3cc(F)c(OC(F)F)c(F)c3)cc2c1. The Morgan fingerprint density at radius 2 is 1.52 bits per heavy atom. The summed E-state index contributed by atoms with van der Waals surface area (Å²) in [6.07, 6.45) is 1.97. The lowest BCUT2D eigenvalue weighted by Gasteiger charge is -2.10. The molecule has 0 saturated heterocycles. The van der Waals surface area contributed by atoms with Gasteiger partial charge in [0.15, 0.2) is 17.4 Å².